The fourth-order valence-electron chi connectivity index (χ4n) is 1.73. The summed E-state index contributed by atoms with van der Waals surface area (Å²) in [7, 11) is 0. The minimum atomic E-state index is -0.141. The zero-order chi connectivity index (χ0) is 14.9. The average molecular weight is 335 g/mol. The zero-order valence-corrected chi connectivity index (χ0v) is 13.7. The van der Waals surface area contributed by atoms with E-state index < -0.39 is 0 Å². The highest BCUT2D eigenvalue weighted by Crippen LogP contribution is 2.26. The number of nitrogens with two attached hydrogens (primary N) is 1. The second kappa shape index (κ2) is 5.40. The lowest BCUT2D eigenvalue weighted by atomic mass is 9.96. The Morgan fingerprint density at radius 2 is 1.85 bits per heavy atom. The molecule has 0 aliphatic heterocycles. The molecule has 0 atom stereocenters. The molecule has 1 aromatic carbocycles. The van der Waals surface area contributed by atoms with Crippen molar-refractivity contribution in [2.75, 3.05) is 11.1 Å². The number of hydrogen-bond acceptors (Lipinski definition) is 4. The van der Waals surface area contributed by atoms with Crippen LogP contribution < -0.4 is 11.1 Å². The Bertz CT molecular complexity index is 632. The molecule has 0 fully saturated rings. The maximum atomic E-state index is 5.88. The molecule has 0 bridgehead atoms. The van der Waals surface area contributed by atoms with Crippen LogP contribution in [0.5, 0.6) is 0 Å². The Morgan fingerprint density at radius 3 is 2.50 bits per heavy atom. The summed E-state index contributed by atoms with van der Waals surface area (Å²) in [6, 6.07) is 7.82. The molecule has 0 aliphatic rings. The maximum Gasteiger partial charge on any atom is 0.138 e. The summed E-state index contributed by atoms with van der Waals surface area (Å²) in [6.45, 7) is 8.24. The predicted octanol–water partition coefficient (Wildman–Crippen LogP) is 4.17. The minimum absolute atomic E-state index is 0.141. The van der Waals surface area contributed by atoms with Crippen LogP contribution in [-0.2, 0) is 5.41 Å². The van der Waals surface area contributed by atoms with E-state index in [9.17, 15) is 0 Å². The second-order valence-electron chi connectivity index (χ2n) is 5.84. The van der Waals surface area contributed by atoms with Gasteiger partial charge < -0.3 is 11.1 Å². The van der Waals surface area contributed by atoms with Gasteiger partial charge in [0.2, 0.25) is 0 Å². The van der Waals surface area contributed by atoms with Crippen molar-refractivity contribution in [2.24, 2.45) is 0 Å². The topological polar surface area (TPSA) is 63.8 Å². The largest absolute Gasteiger partial charge is 0.384 e. The highest BCUT2D eigenvalue weighted by Gasteiger charge is 2.18. The fraction of sp³-hybridized carbons (Fsp3) is 0.333. The number of anilines is 3. The van der Waals surface area contributed by atoms with Crippen molar-refractivity contribution in [3.63, 3.8) is 0 Å². The monoisotopic (exact) mass is 334 g/mol. The normalized spacial score (nSPS) is 11.4. The molecule has 0 amide bonds. The van der Waals surface area contributed by atoms with Gasteiger partial charge in [0.15, 0.2) is 0 Å². The molecule has 0 aliphatic carbocycles. The SMILES string of the molecule is Cc1ccc(Br)cc1Nc1cc(N)nc(C(C)(C)C)n1. The van der Waals surface area contributed by atoms with Crippen molar-refractivity contribution in [3.8, 4) is 0 Å². The lowest BCUT2D eigenvalue weighted by molar-refractivity contribution is 0.547. The molecule has 0 unspecified atom stereocenters. The molecule has 1 heterocycles. The molecule has 106 valence electrons. The number of aryl methyl sites for hydroxylation is 1. The van der Waals surface area contributed by atoms with Crippen molar-refractivity contribution in [3.05, 3.63) is 40.1 Å². The van der Waals surface area contributed by atoms with E-state index in [0.29, 0.717) is 11.6 Å². The first kappa shape index (κ1) is 14.8. The summed E-state index contributed by atoms with van der Waals surface area (Å²) in [5.74, 6) is 1.91. The minimum Gasteiger partial charge on any atom is -0.384 e. The molecule has 1 aromatic heterocycles. The molecule has 2 rings (SSSR count). The average Bonchev–Trinajstić information content (AvgIpc) is 2.32. The summed E-state index contributed by atoms with van der Waals surface area (Å²) in [5.41, 5.74) is 7.88. The van der Waals surface area contributed by atoms with E-state index in [1.807, 2.05) is 25.1 Å². The molecule has 2 aromatic rings. The Balaban J connectivity index is 2.39. The van der Waals surface area contributed by atoms with Crippen LogP contribution in [0, 0.1) is 6.92 Å². The molecule has 0 saturated heterocycles. The van der Waals surface area contributed by atoms with Gasteiger partial charge in [-0.2, -0.15) is 0 Å². The van der Waals surface area contributed by atoms with Gasteiger partial charge in [-0.3, -0.25) is 0 Å². The van der Waals surface area contributed by atoms with Crippen LogP contribution in [0.4, 0.5) is 17.3 Å². The number of nitrogens with zero attached hydrogens (tertiary/aromatic N) is 2. The maximum absolute atomic E-state index is 5.88. The Morgan fingerprint density at radius 1 is 1.15 bits per heavy atom. The number of nitrogen functional groups attached to an aromatic ring is 1. The third-order valence-corrected chi connectivity index (χ3v) is 3.37. The third-order valence-electron chi connectivity index (χ3n) is 2.88. The van der Waals surface area contributed by atoms with Crippen LogP contribution in [0.15, 0.2) is 28.7 Å². The Hall–Kier alpha value is -1.62. The van der Waals surface area contributed by atoms with E-state index >= 15 is 0 Å². The molecule has 3 N–H and O–H groups in total. The smallest absolute Gasteiger partial charge is 0.138 e. The van der Waals surface area contributed by atoms with E-state index in [-0.39, 0.29) is 5.41 Å². The van der Waals surface area contributed by atoms with Crippen LogP contribution in [0.25, 0.3) is 0 Å². The first-order valence-corrected chi connectivity index (χ1v) is 7.23. The first-order chi connectivity index (χ1) is 9.25. The van der Waals surface area contributed by atoms with E-state index in [1.165, 1.54) is 0 Å². The van der Waals surface area contributed by atoms with E-state index in [4.69, 9.17) is 5.73 Å². The van der Waals surface area contributed by atoms with Gasteiger partial charge in [-0.1, -0.05) is 42.8 Å². The van der Waals surface area contributed by atoms with Crippen molar-refractivity contribution in [1.29, 1.82) is 0 Å². The molecule has 5 heteroatoms. The van der Waals surface area contributed by atoms with Crippen LogP contribution in [-0.4, -0.2) is 9.97 Å². The summed E-state index contributed by atoms with van der Waals surface area (Å²) in [6.07, 6.45) is 0. The van der Waals surface area contributed by atoms with Gasteiger partial charge in [0, 0.05) is 21.6 Å². The van der Waals surface area contributed by atoms with Crippen LogP contribution in [0.1, 0.15) is 32.2 Å². The molecule has 0 radical (unpaired) electrons. The summed E-state index contributed by atoms with van der Waals surface area (Å²) < 4.78 is 1.02. The lowest BCUT2D eigenvalue weighted by Crippen LogP contribution is -2.17. The van der Waals surface area contributed by atoms with Crippen molar-refractivity contribution in [2.45, 2.75) is 33.1 Å². The van der Waals surface area contributed by atoms with Crippen molar-refractivity contribution < 1.29 is 0 Å². The number of rotatable bonds is 2. The Kier molecular flexibility index (Phi) is 3.99. The quantitative estimate of drug-likeness (QED) is 0.864. The van der Waals surface area contributed by atoms with E-state index in [1.54, 1.807) is 6.07 Å². The molecule has 0 saturated carbocycles. The lowest BCUT2D eigenvalue weighted by Gasteiger charge is -2.18. The van der Waals surface area contributed by atoms with Crippen LogP contribution in [0.3, 0.4) is 0 Å². The number of benzene rings is 1. The molecule has 20 heavy (non-hydrogen) atoms. The first-order valence-electron chi connectivity index (χ1n) is 6.44. The standard InChI is InChI=1S/C15H19BrN4/c1-9-5-6-10(16)7-11(9)18-13-8-12(17)19-14(20-13)15(2,3)4/h5-8H,1-4H3,(H3,17,18,19,20). The number of hydrogen-bond donors (Lipinski definition) is 2. The molecule has 0 spiro atoms. The van der Waals surface area contributed by atoms with E-state index in [0.717, 1.165) is 21.5 Å². The van der Waals surface area contributed by atoms with Gasteiger partial charge in [-0.25, -0.2) is 9.97 Å². The summed E-state index contributed by atoms with van der Waals surface area (Å²) in [4.78, 5) is 8.86. The molecular weight excluding hydrogens is 316 g/mol. The van der Waals surface area contributed by atoms with Crippen molar-refractivity contribution >= 4 is 33.3 Å². The second-order valence-corrected chi connectivity index (χ2v) is 6.75. The van der Waals surface area contributed by atoms with Gasteiger partial charge in [-0.15, -0.1) is 0 Å². The van der Waals surface area contributed by atoms with Gasteiger partial charge in [0.05, 0.1) is 0 Å². The fourth-order valence-corrected chi connectivity index (χ4v) is 2.09. The number of nitrogens with one attached hydrogen (secondary N) is 1. The zero-order valence-electron chi connectivity index (χ0n) is 12.2. The summed E-state index contributed by atoms with van der Waals surface area (Å²) in [5, 5.41) is 3.31. The van der Waals surface area contributed by atoms with Gasteiger partial charge >= 0.3 is 0 Å². The third kappa shape index (κ3) is 3.48. The molecule has 4 nitrogen and oxygen atoms in total. The number of aromatic nitrogens is 2. The summed E-state index contributed by atoms with van der Waals surface area (Å²) >= 11 is 3.47. The number of halogens is 1. The van der Waals surface area contributed by atoms with Gasteiger partial charge in [0.1, 0.15) is 17.5 Å². The Labute approximate surface area is 128 Å². The van der Waals surface area contributed by atoms with E-state index in [2.05, 4.69) is 52.0 Å². The highest BCUT2D eigenvalue weighted by molar-refractivity contribution is 9.10. The highest BCUT2D eigenvalue weighted by atomic mass is 79.9. The van der Waals surface area contributed by atoms with Gasteiger partial charge in [0.25, 0.3) is 0 Å². The van der Waals surface area contributed by atoms with Crippen molar-refractivity contribution in [1.82, 2.24) is 9.97 Å². The van der Waals surface area contributed by atoms with Crippen LogP contribution in [0.2, 0.25) is 0 Å². The van der Waals surface area contributed by atoms with Gasteiger partial charge in [-0.05, 0) is 24.6 Å². The molecular formula is C15H19BrN4. The predicted molar refractivity (Wildman–Crippen MR) is 87.3 cm³/mol. The van der Waals surface area contributed by atoms with Crippen LogP contribution >= 0.6 is 15.9 Å².